The van der Waals surface area contributed by atoms with Gasteiger partial charge in [-0.1, -0.05) is 0 Å². The molecule has 1 aliphatic rings. The summed E-state index contributed by atoms with van der Waals surface area (Å²) >= 11 is 0. The first-order valence-electron chi connectivity index (χ1n) is 6.78. The van der Waals surface area contributed by atoms with Gasteiger partial charge in [-0.3, -0.25) is 4.68 Å². The molecule has 7 nitrogen and oxygen atoms in total. The quantitative estimate of drug-likeness (QED) is 0.775. The van der Waals surface area contributed by atoms with Crippen molar-refractivity contribution in [2.45, 2.75) is 43.3 Å². The summed E-state index contributed by atoms with van der Waals surface area (Å²) in [5.74, 6) is 0. The van der Waals surface area contributed by atoms with E-state index in [0.29, 0.717) is 12.6 Å². The molecule has 114 valence electrons. The van der Waals surface area contributed by atoms with Crippen LogP contribution in [-0.2, 0) is 16.6 Å². The second kappa shape index (κ2) is 6.21. The van der Waals surface area contributed by atoms with E-state index in [1.807, 2.05) is 7.05 Å². The monoisotopic (exact) mass is 302 g/mol. The lowest BCUT2D eigenvalue weighted by atomic mass is 10.0. The number of likely N-dealkylation sites (tertiary alicyclic amines) is 1. The van der Waals surface area contributed by atoms with Crippen LogP contribution in [0.3, 0.4) is 0 Å². The third-order valence-corrected chi connectivity index (χ3v) is 5.25. The molecule has 0 bridgehead atoms. The minimum atomic E-state index is -3.53. The first kappa shape index (κ1) is 15.4. The number of rotatable bonds is 5. The van der Waals surface area contributed by atoms with Gasteiger partial charge in [0.05, 0.1) is 19.3 Å². The van der Waals surface area contributed by atoms with Crippen LogP contribution in [0.4, 0.5) is 0 Å². The Kier molecular flexibility index (Phi) is 4.79. The van der Waals surface area contributed by atoms with Gasteiger partial charge in [0.15, 0.2) is 0 Å². The number of nitrogens with one attached hydrogen (secondary N) is 1. The Morgan fingerprint density at radius 3 is 2.95 bits per heavy atom. The number of sulfonamides is 1. The molecule has 1 aromatic heterocycles. The van der Waals surface area contributed by atoms with Crippen LogP contribution in [0.15, 0.2) is 17.3 Å². The first-order chi connectivity index (χ1) is 9.42. The first-order valence-corrected chi connectivity index (χ1v) is 8.26. The highest BCUT2D eigenvalue weighted by atomic mass is 32.2. The number of aliphatic hydroxyl groups excluding tert-OH is 1. The number of aliphatic hydroxyl groups is 1. The Hall–Kier alpha value is -0.960. The Bertz CT molecular complexity index is 543. The van der Waals surface area contributed by atoms with Gasteiger partial charge >= 0.3 is 0 Å². The topological polar surface area (TPSA) is 87.5 Å². The molecule has 1 aromatic rings. The average molecular weight is 302 g/mol. The highest BCUT2D eigenvalue weighted by molar-refractivity contribution is 7.89. The van der Waals surface area contributed by atoms with Crippen LogP contribution in [0.5, 0.6) is 0 Å². The standard InChI is InChI=1S/C12H22N4O3S/c1-10-7-11(3-4-15(10)2)14-20(18,19)12-8-13-16(9-12)5-6-17/h8-11,14,17H,3-7H2,1-2H3. The van der Waals surface area contributed by atoms with Crippen LogP contribution in [0, 0.1) is 0 Å². The third kappa shape index (κ3) is 3.57. The van der Waals surface area contributed by atoms with Gasteiger partial charge in [0.25, 0.3) is 0 Å². The summed E-state index contributed by atoms with van der Waals surface area (Å²) in [6, 6.07) is 0.334. The summed E-state index contributed by atoms with van der Waals surface area (Å²) in [5, 5.41) is 12.7. The van der Waals surface area contributed by atoms with Gasteiger partial charge < -0.3 is 10.0 Å². The highest BCUT2D eigenvalue weighted by Gasteiger charge is 2.27. The van der Waals surface area contributed by atoms with Crippen LogP contribution in [-0.4, -0.2) is 60.5 Å². The molecule has 0 aliphatic carbocycles. The van der Waals surface area contributed by atoms with E-state index in [0.717, 1.165) is 19.4 Å². The lowest BCUT2D eigenvalue weighted by Crippen LogP contribution is -2.47. The predicted octanol–water partition coefficient (Wildman–Crippen LogP) is -0.364. The zero-order chi connectivity index (χ0) is 14.8. The second-order valence-corrected chi connectivity index (χ2v) is 7.05. The van der Waals surface area contributed by atoms with E-state index in [9.17, 15) is 8.42 Å². The molecule has 0 spiro atoms. The molecule has 2 N–H and O–H groups in total. The molecule has 1 saturated heterocycles. The Balaban J connectivity index is 2.03. The van der Waals surface area contributed by atoms with Crippen LogP contribution in [0.25, 0.3) is 0 Å². The average Bonchev–Trinajstić information content (AvgIpc) is 2.83. The zero-order valence-electron chi connectivity index (χ0n) is 11.9. The van der Waals surface area contributed by atoms with E-state index in [1.165, 1.54) is 17.1 Å². The molecule has 1 fully saturated rings. The molecule has 2 heterocycles. The summed E-state index contributed by atoms with van der Waals surface area (Å²) < 4.78 is 28.7. The van der Waals surface area contributed by atoms with Gasteiger partial charge in [-0.05, 0) is 33.4 Å². The van der Waals surface area contributed by atoms with Gasteiger partial charge in [-0.25, -0.2) is 13.1 Å². The summed E-state index contributed by atoms with van der Waals surface area (Å²) in [6.07, 6.45) is 4.37. The lowest BCUT2D eigenvalue weighted by Gasteiger charge is -2.35. The van der Waals surface area contributed by atoms with Crippen molar-refractivity contribution < 1.29 is 13.5 Å². The summed E-state index contributed by atoms with van der Waals surface area (Å²) in [6.45, 7) is 3.21. The smallest absolute Gasteiger partial charge is 0.243 e. The second-order valence-electron chi connectivity index (χ2n) is 5.33. The fourth-order valence-corrected chi connectivity index (χ4v) is 3.63. The van der Waals surface area contributed by atoms with Crippen molar-refractivity contribution in [1.82, 2.24) is 19.4 Å². The molecule has 20 heavy (non-hydrogen) atoms. The largest absolute Gasteiger partial charge is 0.394 e. The molecule has 1 aliphatic heterocycles. The minimum absolute atomic E-state index is 0.0348. The van der Waals surface area contributed by atoms with E-state index in [-0.39, 0.29) is 17.5 Å². The lowest BCUT2D eigenvalue weighted by molar-refractivity contribution is 0.178. The van der Waals surface area contributed by atoms with Crippen LogP contribution in [0.1, 0.15) is 19.8 Å². The minimum Gasteiger partial charge on any atom is -0.394 e. The molecule has 2 rings (SSSR count). The maximum atomic E-state index is 12.3. The summed E-state index contributed by atoms with van der Waals surface area (Å²) in [5.41, 5.74) is 0. The van der Waals surface area contributed by atoms with Crippen LogP contribution >= 0.6 is 0 Å². The van der Waals surface area contributed by atoms with E-state index < -0.39 is 10.0 Å². The van der Waals surface area contributed by atoms with Crippen molar-refractivity contribution in [3.8, 4) is 0 Å². The normalized spacial score (nSPS) is 24.9. The fourth-order valence-electron chi connectivity index (χ4n) is 2.39. The number of hydrogen-bond donors (Lipinski definition) is 2. The van der Waals surface area contributed by atoms with Gasteiger partial charge in [-0.15, -0.1) is 0 Å². The molecule has 0 radical (unpaired) electrons. The van der Waals surface area contributed by atoms with Crippen LogP contribution in [0.2, 0.25) is 0 Å². The van der Waals surface area contributed by atoms with Crippen molar-refractivity contribution in [3.05, 3.63) is 12.4 Å². The Morgan fingerprint density at radius 1 is 1.55 bits per heavy atom. The van der Waals surface area contributed by atoms with Crippen molar-refractivity contribution in [2.75, 3.05) is 20.2 Å². The van der Waals surface area contributed by atoms with E-state index in [2.05, 4.69) is 21.6 Å². The highest BCUT2D eigenvalue weighted by Crippen LogP contribution is 2.18. The zero-order valence-corrected chi connectivity index (χ0v) is 12.7. The van der Waals surface area contributed by atoms with Gasteiger partial charge in [0, 0.05) is 18.3 Å². The predicted molar refractivity (Wildman–Crippen MR) is 74.7 cm³/mol. The maximum absolute atomic E-state index is 12.3. The van der Waals surface area contributed by atoms with Gasteiger partial charge in [-0.2, -0.15) is 5.10 Å². The van der Waals surface area contributed by atoms with Crippen molar-refractivity contribution in [2.24, 2.45) is 0 Å². The van der Waals surface area contributed by atoms with Crippen LogP contribution < -0.4 is 4.72 Å². The molecule has 0 saturated carbocycles. The van der Waals surface area contributed by atoms with Crippen molar-refractivity contribution >= 4 is 10.0 Å². The maximum Gasteiger partial charge on any atom is 0.243 e. The van der Waals surface area contributed by atoms with Crippen molar-refractivity contribution in [1.29, 1.82) is 0 Å². The van der Waals surface area contributed by atoms with E-state index in [1.54, 1.807) is 0 Å². The molecular formula is C12H22N4O3S. The third-order valence-electron chi connectivity index (χ3n) is 3.78. The number of nitrogens with zero attached hydrogens (tertiary/aromatic N) is 3. The molecule has 0 amide bonds. The molecule has 2 atom stereocenters. The van der Waals surface area contributed by atoms with Gasteiger partial charge in [0.1, 0.15) is 4.90 Å². The van der Waals surface area contributed by atoms with E-state index >= 15 is 0 Å². The van der Waals surface area contributed by atoms with E-state index in [4.69, 9.17) is 5.11 Å². The molecule has 2 unspecified atom stereocenters. The van der Waals surface area contributed by atoms with Crippen molar-refractivity contribution in [3.63, 3.8) is 0 Å². The molecule has 8 heteroatoms. The molecule has 0 aromatic carbocycles. The Labute approximate surface area is 119 Å². The summed E-state index contributed by atoms with van der Waals surface area (Å²) in [7, 11) is -1.48. The summed E-state index contributed by atoms with van der Waals surface area (Å²) in [4.78, 5) is 2.38. The SMILES string of the molecule is CC1CC(NS(=O)(=O)c2cnn(CCO)c2)CCN1C. The fraction of sp³-hybridized carbons (Fsp3) is 0.750. The Morgan fingerprint density at radius 2 is 2.30 bits per heavy atom. The van der Waals surface area contributed by atoms with Gasteiger partial charge in [0.2, 0.25) is 10.0 Å². The number of piperidine rings is 1. The number of aromatic nitrogens is 2. The number of hydrogen-bond acceptors (Lipinski definition) is 5. The molecular weight excluding hydrogens is 280 g/mol.